The van der Waals surface area contributed by atoms with E-state index in [-0.39, 0.29) is 5.91 Å². The lowest BCUT2D eigenvalue weighted by molar-refractivity contribution is 0.0948. The molecule has 3 nitrogen and oxygen atoms in total. The molecule has 0 unspecified atom stereocenters. The average Bonchev–Trinajstić information content (AvgIpc) is 2.56. The highest BCUT2D eigenvalue weighted by Gasteiger charge is 2.03. The minimum absolute atomic E-state index is 0.187. The maximum atomic E-state index is 11.6. The van der Waals surface area contributed by atoms with E-state index in [1.165, 1.54) is 0 Å². The predicted molar refractivity (Wildman–Crippen MR) is 43.7 cm³/mol. The molecular weight excluding hydrogens is 159 g/mol. The van der Waals surface area contributed by atoms with E-state index < -0.39 is 6.67 Å². The number of hydrogen-bond donors (Lipinski definition) is 2. The molecule has 2 N–H and O–H groups in total. The Hall–Kier alpha value is -1.32. The molecule has 1 aromatic heterocycles. The van der Waals surface area contributed by atoms with E-state index in [2.05, 4.69) is 10.3 Å². The Labute approximate surface area is 70.0 Å². The second kappa shape index (κ2) is 4.54. The Kier molecular flexibility index (Phi) is 3.32. The van der Waals surface area contributed by atoms with Crippen LogP contribution >= 0.6 is 0 Å². The third-order valence-electron chi connectivity index (χ3n) is 1.44. The fraction of sp³-hybridized carbons (Fsp3) is 0.375. The summed E-state index contributed by atoms with van der Waals surface area (Å²) in [5, 5.41) is 2.58. The molecule has 0 fully saturated rings. The van der Waals surface area contributed by atoms with Gasteiger partial charge in [-0.1, -0.05) is 0 Å². The summed E-state index contributed by atoms with van der Waals surface area (Å²) < 4.78 is 11.6. The van der Waals surface area contributed by atoms with E-state index >= 15 is 0 Å². The topological polar surface area (TPSA) is 44.9 Å². The van der Waals surface area contributed by atoms with Gasteiger partial charge in [0.15, 0.2) is 0 Å². The van der Waals surface area contributed by atoms with Crippen molar-refractivity contribution in [2.24, 2.45) is 0 Å². The first-order valence-electron chi connectivity index (χ1n) is 3.82. The lowest BCUT2D eigenvalue weighted by atomic mass is 10.4. The van der Waals surface area contributed by atoms with Crippen LogP contribution in [0.4, 0.5) is 4.39 Å². The second-order valence-corrected chi connectivity index (χ2v) is 2.38. The minimum atomic E-state index is -0.398. The number of alkyl halides is 1. The number of carbonyl (C=O) groups excluding carboxylic acids is 1. The number of aromatic amines is 1. The first-order chi connectivity index (χ1) is 5.84. The zero-order valence-corrected chi connectivity index (χ0v) is 6.64. The number of aromatic nitrogens is 1. The number of carbonyl (C=O) groups is 1. The lowest BCUT2D eigenvalue weighted by Crippen LogP contribution is -2.24. The van der Waals surface area contributed by atoms with E-state index in [0.29, 0.717) is 18.7 Å². The molecule has 0 aliphatic rings. The maximum Gasteiger partial charge on any atom is 0.267 e. The van der Waals surface area contributed by atoms with Crippen LogP contribution in [-0.4, -0.2) is 24.1 Å². The Balaban J connectivity index is 2.30. The molecule has 4 heteroatoms. The maximum absolute atomic E-state index is 11.6. The van der Waals surface area contributed by atoms with Crippen molar-refractivity contribution in [3.8, 4) is 0 Å². The molecule has 1 heterocycles. The first kappa shape index (κ1) is 8.77. The van der Waals surface area contributed by atoms with Crippen molar-refractivity contribution in [3.63, 3.8) is 0 Å². The van der Waals surface area contributed by atoms with Crippen LogP contribution < -0.4 is 5.32 Å². The van der Waals surface area contributed by atoms with Gasteiger partial charge in [-0.2, -0.15) is 0 Å². The Bertz CT molecular complexity index is 233. The third kappa shape index (κ3) is 2.38. The van der Waals surface area contributed by atoms with Gasteiger partial charge in [0.05, 0.1) is 6.67 Å². The molecule has 0 spiro atoms. The molecule has 0 aliphatic heterocycles. The fourth-order valence-corrected chi connectivity index (χ4v) is 0.836. The summed E-state index contributed by atoms with van der Waals surface area (Å²) in [5.41, 5.74) is 0.508. The van der Waals surface area contributed by atoms with Crippen LogP contribution in [0.3, 0.4) is 0 Å². The average molecular weight is 170 g/mol. The van der Waals surface area contributed by atoms with Crippen LogP contribution in [0.1, 0.15) is 16.9 Å². The zero-order chi connectivity index (χ0) is 8.81. The summed E-state index contributed by atoms with van der Waals surface area (Å²) in [4.78, 5) is 13.9. The van der Waals surface area contributed by atoms with Crippen molar-refractivity contribution in [1.29, 1.82) is 0 Å². The summed E-state index contributed by atoms with van der Waals surface area (Å²) >= 11 is 0. The Morgan fingerprint density at radius 2 is 2.50 bits per heavy atom. The number of nitrogens with one attached hydrogen (secondary N) is 2. The first-order valence-corrected chi connectivity index (χ1v) is 3.82. The van der Waals surface area contributed by atoms with Crippen molar-refractivity contribution >= 4 is 5.91 Å². The van der Waals surface area contributed by atoms with Crippen LogP contribution in [0.15, 0.2) is 18.3 Å². The number of hydrogen-bond acceptors (Lipinski definition) is 1. The highest BCUT2D eigenvalue weighted by molar-refractivity contribution is 5.92. The van der Waals surface area contributed by atoms with Crippen LogP contribution in [0.2, 0.25) is 0 Å². The van der Waals surface area contributed by atoms with Gasteiger partial charge in [0.2, 0.25) is 0 Å². The van der Waals surface area contributed by atoms with Gasteiger partial charge in [-0.25, -0.2) is 0 Å². The number of amides is 1. The Morgan fingerprint density at radius 3 is 3.08 bits per heavy atom. The lowest BCUT2D eigenvalue weighted by Gasteiger charge is -2.00. The van der Waals surface area contributed by atoms with Gasteiger partial charge < -0.3 is 10.3 Å². The second-order valence-electron chi connectivity index (χ2n) is 2.38. The molecule has 0 aromatic carbocycles. The molecule has 0 bridgehead atoms. The largest absolute Gasteiger partial charge is 0.357 e. The summed E-state index contributed by atoms with van der Waals surface area (Å²) in [6, 6.07) is 3.41. The van der Waals surface area contributed by atoms with Gasteiger partial charge in [0.25, 0.3) is 5.91 Å². The van der Waals surface area contributed by atoms with Gasteiger partial charge >= 0.3 is 0 Å². The molecule has 0 atom stereocenters. The number of rotatable bonds is 4. The van der Waals surface area contributed by atoms with Crippen LogP contribution in [0, 0.1) is 0 Å². The molecule has 12 heavy (non-hydrogen) atoms. The normalized spacial score (nSPS) is 9.75. The van der Waals surface area contributed by atoms with Crippen molar-refractivity contribution < 1.29 is 9.18 Å². The molecule has 0 aliphatic carbocycles. The standard InChI is InChI=1S/C8H11FN2O/c9-4-2-6-11-8(12)7-3-1-5-10-7/h1,3,5,10H,2,4,6H2,(H,11,12). The van der Waals surface area contributed by atoms with Gasteiger partial charge in [-0.3, -0.25) is 9.18 Å². The molecule has 0 saturated heterocycles. The van der Waals surface area contributed by atoms with Crippen molar-refractivity contribution in [2.45, 2.75) is 6.42 Å². The summed E-state index contributed by atoms with van der Waals surface area (Å²) in [6.45, 7) is -0.0145. The SMILES string of the molecule is O=C(NCCCF)c1ccc[nH]1. The predicted octanol–water partition coefficient (Wildman–Crippen LogP) is 1.10. The number of H-pyrrole nitrogens is 1. The zero-order valence-electron chi connectivity index (χ0n) is 6.64. The smallest absolute Gasteiger partial charge is 0.267 e. The summed E-state index contributed by atoms with van der Waals surface area (Å²) in [7, 11) is 0. The van der Waals surface area contributed by atoms with Crippen molar-refractivity contribution in [2.75, 3.05) is 13.2 Å². The van der Waals surface area contributed by atoms with Gasteiger partial charge in [-0.15, -0.1) is 0 Å². The van der Waals surface area contributed by atoms with Crippen LogP contribution in [-0.2, 0) is 0 Å². The monoisotopic (exact) mass is 170 g/mol. The van der Waals surface area contributed by atoms with Crippen molar-refractivity contribution in [3.05, 3.63) is 24.0 Å². The van der Waals surface area contributed by atoms with E-state index in [9.17, 15) is 9.18 Å². The quantitative estimate of drug-likeness (QED) is 0.653. The van der Waals surface area contributed by atoms with Gasteiger partial charge in [0, 0.05) is 12.7 Å². The molecule has 66 valence electrons. The van der Waals surface area contributed by atoms with E-state index in [4.69, 9.17) is 0 Å². The fourth-order valence-electron chi connectivity index (χ4n) is 0.836. The third-order valence-corrected chi connectivity index (χ3v) is 1.44. The minimum Gasteiger partial charge on any atom is -0.357 e. The van der Waals surface area contributed by atoms with Gasteiger partial charge in [-0.05, 0) is 18.6 Å². The molecule has 0 radical (unpaired) electrons. The van der Waals surface area contributed by atoms with Crippen molar-refractivity contribution in [1.82, 2.24) is 10.3 Å². The molecule has 1 aromatic rings. The molecule has 0 saturated carbocycles. The van der Waals surface area contributed by atoms with Gasteiger partial charge in [0.1, 0.15) is 5.69 Å². The van der Waals surface area contributed by atoms with Crippen LogP contribution in [0.5, 0.6) is 0 Å². The number of halogens is 1. The Morgan fingerprint density at radius 1 is 1.67 bits per heavy atom. The molecule has 1 rings (SSSR count). The van der Waals surface area contributed by atoms with E-state index in [0.717, 1.165) is 0 Å². The van der Waals surface area contributed by atoms with E-state index in [1.54, 1.807) is 18.3 Å². The molecular formula is C8H11FN2O. The summed E-state index contributed by atoms with van der Waals surface area (Å²) in [6.07, 6.45) is 2.04. The highest BCUT2D eigenvalue weighted by atomic mass is 19.1. The van der Waals surface area contributed by atoms with E-state index in [1.807, 2.05) is 0 Å². The summed E-state index contributed by atoms with van der Waals surface area (Å²) in [5.74, 6) is -0.187. The molecule has 1 amide bonds. The highest BCUT2D eigenvalue weighted by Crippen LogP contribution is 1.93. The van der Waals surface area contributed by atoms with Crippen LogP contribution in [0.25, 0.3) is 0 Å².